The van der Waals surface area contributed by atoms with Crippen molar-refractivity contribution in [2.45, 2.75) is 57.5 Å². The van der Waals surface area contributed by atoms with Crippen LogP contribution < -0.4 is 11.1 Å². The van der Waals surface area contributed by atoms with Gasteiger partial charge in [0.05, 0.1) is 11.5 Å². The lowest BCUT2D eigenvalue weighted by Gasteiger charge is -2.42. The topological polar surface area (TPSA) is 75.4 Å². The zero-order chi connectivity index (χ0) is 14.0. The lowest BCUT2D eigenvalue weighted by atomic mass is 9.87. The third kappa shape index (κ3) is 2.61. The molecule has 2 heterocycles. The maximum Gasteiger partial charge on any atom is 0.243 e. The van der Waals surface area contributed by atoms with Crippen molar-refractivity contribution < 1.29 is 9.59 Å². The van der Waals surface area contributed by atoms with Crippen molar-refractivity contribution in [3.8, 4) is 0 Å². The number of nitrogens with one attached hydrogen (secondary N) is 1. The molecule has 0 radical (unpaired) electrons. The molecule has 0 aromatic carbocycles. The fourth-order valence-electron chi connectivity index (χ4n) is 3.34. The summed E-state index contributed by atoms with van der Waals surface area (Å²) in [5.41, 5.74) is 4.99. The molecule has 3 N–H and O–H groups in total. The van der Waals surface area contributed by atoms with E-state index in [9.17, 15) is 9.59 Å². The van der Waals surface area contributed by atoms with Crippen molar-refractivity contribution in [1.82, 2.24) is 10.2 Å². The van der Waals surface area contributed by atoms with E-state index in [2.05, 4.69) is 19.2 Å². The number of primary amides is 1. The molecule has 2 saturated heterocycles. The molecule has 2 aliphatic rings. The van der Waals surface area contributed by atoms with Gasteiger partial charge in [-0.05, 0) is 45.6 Å². The summed E-state index contributed by atoms with van der Waals surface area (Å²) in [5.74, 6) is -0.309. The smallest absolute Gasteiger partial charge is 0.243 e. The van der Waals surface area contributed by atoms with Crippen LogP contribution in [0.25, 0.3) is 0 Å². The minimum Gasteiger partial charge on any atom is -0.369 e. The van der Waals surface area contributed by atoms with E-state index in [1.807, 2.05) is 4.90 Å². The van der Waals surface area contributed by atoms with E-state index in [1.165, 1.54) is 0 Å². The van der Waals surface area contributed by atoms with E-state index in [0.29, 0.717) is 6.54 Å². The number of hydrogen-bond donors (Lipinski definition) is 2. The predicted molar refractivity (Wildman–Crippen MR) is 73.4 cm³/mol. The van der Waals surface area contributed by atoms with Crippen molar-refractivity contribution in [2.75, 3.05) is 13.1 Å². The van der Waals surface area contributed by atoms with Gasteiger partial charge < -0.3 is 16.0 Å². The number of amides is 2. The van der Waals surface area contributed by atoms with Gasteiger partial charge in [-0.2, -0.15) is 0 Å². The molecule has 0 bridgehead atoms. The quantitative estimate of drug-likeness (QED) is 0.787. The normalized spacial score (nSPS) is 35.4. The molecule has 0 saturated carbocycles. The number of piperidine rings is 1. The van der Waals surface area contributed by atoms with Gasteiger partial charge in [-0.1, -0.05) is 6.92 Å². The molecule has 0 spiro atoms. The predicted octanol–water partition coefficient (Wildman–Crippen LogP) is 0.631. The van der Waals surface area contributed by atoms with Crippen LogP contribution in [0.5, 0.6) is 0 Å². The van der Waals surface area contributed by atoms with E-state index < -0.39 is 5.54 Å². The van der Waals surface area contributed by atoms with Crippen molar-refractivity contribution in [3.05, 3.63) is 0 Å². The Bertz CT molecular complexity index is 364. The largest absolute Gasteiger partial charge is 0.369 e. The molecule has 5 nitrogen and oxygen atoms in total. The van der Waals surface area contributed by atoms with Crippen molar-refractivity contribution in [3.63, 3.8) is 0 Å². The Hall–Kier alpha value is -1.10. The van der Waals surface area contributed by atoms with Gasteiger partial charge in [-0.15, -0.1) is 0 Å². The summed E-state index contributed by atoms with van der Waals surface area (Å²) in [6.45, 7) is 5.50. The number of carbonyl (C=O) groups is 2. The average Bonchev–Trinajstić information content (AvgIpc) is 2.88. The van der Waals surface area contributed by atoms with Gasteiger partial charge in [-0.3, -0.25) is 9.59 Å². The maximum atomic E-state index is 12.8. The van der Waals surface area contributed by atoms with Crippen LogP contribution in [-0.2, 0) is 9.59 Å². The third-order valence-electron chi connectivity index (χ3n) is 4.80. The summed E-state index contributed by atoms with van der Waals surface area (Å²) in [6, 6.07) is 0.203. The average molecular weight is 267 g/mol. The van der Waals surface area contributed by atoms with E-state index >= 15 is 0 Å². The standard InChI is InChI=1S/C14H25N3O2/c1-3-14(7-4-8-16-14)13(19)17-9-11(12(15)18)6-5-10(17)2/h10-11,16H,3-9H2,1-2H3,(H2,15,18). The summed E-state index contributed by atoms with van der Waals surface area (Å²) < 4.78 is 0. The summed E-state index contributed by atoms with van der Waals surface area (Å²) in [6.07, 6.45) is 4.40. The van der Waals surface area contributed by atoms with Crippen LogP contribution in [0.4, 0.5) is 0 Å². The van der Waals surface area contributed by atoms with Crippen LogP contribution in [0.15, 0.2) is 0 Å². The lowest BCUT2D eigenvalue weighted by Crippen LogP contribution is -2.59. The van der Waals surface area contributed by atoms with Crippen molar-refractivity contribution in [1.29, 1.82) is 0 Å². The Morgan fingerprint density at radius 1 is 1.42 bits per heavy atom. The first-order chi connectivity index (χ1) is 9.00. The molecule has 0 aromatic rings. The monoisotopic (exact) mass is 267 g/mol. The molecular weight excluding hydrogens is 242 g/mol. The molecule has 3 atom stereocenters. The van der Waals surface area contributed by atoms with Gasteiger partial charge >= 0.3 is 0 Å². The van der Waals surface area contributed by atoms with Gasteiger partial charge in [0.2, 0.25) is 11.8 Å². The van der Waals surface area contributed by atoms with Gasteiger partial charge in [0.15, 0.2) is 0 Å². The molecule has 19 heavy (non-hydrogen) atoms. The van der Waals surface area contributed by atoms with Crippen LogP contribution in [0.3, 0.4) is 0 Å². The van der Waals surface area contributed by atoms with Gasteiger partial charge in [0.25, 0.3) is 0 Å². The SMILES string of the molecule is CCC1(C(=O)N2CC(C(N)=O)CCC2C)CCCN1. The Morgan fingerprint density at radius 2 is 2.16 bits per heavy atom. The minimum atomic E-state index is -0.409. The first-order valence-corrected chi connectivity index (χ1v) is 7.35. The summed E-state index contributed by atoms with van der Waals surface area (Å²) in [5, 5.41) is 3.37. The van der Waals surface area contributed by atoms with E-state index in [4.69, 9.17) is 5.73 Å². The van der Waals surface area contributed by atoms with Crippen molar-refractivity contribution in [2.24, 2.45) is 11.7 Å². The molecule has 2 rings (SSSR count). The Balaban J connectivity index is 2.14. The number of carbonyl (C=O) groups excluding carboxylic acids is 2. The Kier molecular flexibility index (Phi) is 4.13. The molecule has 2 amide bonds. The first-order valence-electron chi connectivity index (χ1n) is 7.35. The maximum absolute atomic E-state index is 12.8. The lowest BCUT2D eigenvalue weighted by molar-refractivity contribution is -0.143. The first kappa shape index (κ1) is 14.3. The van der Waals surface area contributed by atoms with E-state index in [0.717, 1.165) is 38.6 Å². The highest BCUT2D eigenvalue weighted by Crippen LogP contribution is 2.30. The van der Waals surface area contributed by atoms with Crippen LogP contribution in [0.1, 0.15) is 46.0 Å². The second kappa shape index (κ2) is 5.49. The second-order valence-electron chi connectivity index (χ2n) is 5.95. The summed E-state index contributed by atoms with van der Waals surface area (Å²) >= 11 is 0. The highest BCUT2D eigenvalue weighted by Gasteiger charge is 2.44. The zero-order valence-electron chi connectivity index (χ0n) is 11.9. The highest BCUT2D eigenvalue weighted by atomic mass is 16.2. The van der Waals surface area contributed by atoms with Crippen LogP contribution in [0, 0.1) is 5.92 Å². The number of likely N-dealkylation sites (tertiary alicyclic amines) is 1. The third-order valence-corrected chi connectivity index (χ3v) is 4.80. The molecule has 2 aliphatic heterocycles. The minimum absolute atomic E-state index is 0.158. The fourth-order valence-corrected chi connectivity index (χ4v) is 3.34. The van der Waals surface area contributed by atoms with Gasteiger partial charge in [0.1, 0.15) is 0 Å². The Labute approximate surface area is 114 Å². The second-order valence-corrected chi connectivity index (χ2v) is 5.95. The molecule has 0 aliphatic carbocycles. The van der Waals surface area contributed by atoms with Crippen molar-refractivity contribution >= 4 is 11.8 Å². The van der Waals surface area contributed by atoms with Gasteiger partial charge in [-0.25, -0.2) is 0 Å². The Morgan fingerprint density at radius 3 is 2.68 bits per heavy atom. The number of rotatable bonds is 3. The van der Waals surface area contributed by atoms with Crippen LogP contribution in [-0.4, -0.2) is 41.4 Å². The molecule has 108 valence electrons. The number of hydrogen-bond acceptors (Lipinski definition) is 3. The number of nitrogens with zero attached hydrogens (tertiary/aromatic N) is 1. The molecule has 2 fully saturated rings. The fraction of sp³-hybridized carbons (Fsp3) is 0.857. The molecular formula is C14H25N3O2. The van der Waals surface area contributed by atoms with E-state index in [-0.39, 0.29) is 23.8 Å². The number of nitrogens with two attached hydrogens (primary N) is 1. The highest BCUT2D eigenvalue weighted by molar-refractivity contribution is 5.88. The zero-order valence-corrected chi connectivity index (χ0v) is 11.9. The summed E-state index contributed by atoms with van der Waals surface area (Å²) in [4.78, 5) is 26.1. The van der Waals surface area contributed by atoms with Gasteiger partial charge in [0, 0.05) is 12.6 Å². The summed E-state index contributed by atoms with van der Waals surface area (Å²) in [7, 11) is 0. The molecule has 5 heteroatoms. The van der Waals surface area contributed by atoms with Crippen LogP contribution in [0.2, 0.25) is 0 Å². The van der Waals surface area contributed by atoms with E-state index in [1.54, 1.807) is 0 Å². The molecule has 0 aromatic heterocycles. The van der Waals surface area contributed by atoms with Crippen LogP contribution >= 0.6 is 0 Å². The molecule has 3 unspecified atom stereocenters.